The Hall–Kier alpha value is -1.92. The molecule has 0 spiro atoms. The molecule has 0 unspecified atom stereocenters. The lowest BCUT2D eigenvalue weighted by Crippen LogP contribution is -2.41. The number of carbonyl (C=O) groups excluding carboxylic acids is 1. The monoisotopic (exact) mass is 364 g/mol. The Balaban J connectivity index is 2.11. The lowest BCUT2D eigenvalue weighted by Gasteiger charge is -2.26. The number of aliphatic hydroxyl groups is 1. The topological polar surface area (TPSA) is 62.7 Å². The van der Waals surface area contributed by atoms with Crippen LogP contribution in [0.2, 0.25) is 0 Å². The van der Waals surface area contributed by atoms with Crippen molar-refractivity contribution < 1.29 is 14.6 Å². The predicted octanol–water partition coefficient (Wildman–Crippen LogP) is 3.37. The van der Waals surface area contributed by atoms with Gasteiger partial charge in [-0.25, -0.2) is 9.78 Å². The molecule has 22 heavy (non-hydrogen) atoms. The van der Waals surface area contributed by atoms with Crippen LogP contribution in [0.4, 0.5) is 10.6 Å². The molecule has 1 heterocycles. The lowest BCUT2D eigenvalue weighted by atomic mass is 10.2. The summed E-state index contributed by atoms with van der Waals surface area (Å²) in [5.74, 6) is 0.433. The maximum absolute atomic E-state index is 12.3. The van der Waals surface area contributed by atoms with Crippen LogP contribution in [-0.4, -0.2) is 28.8 Å². The number of ether oxygens (including phenoxy) is 1. The number of rotatable bonds is 5. The third-order valence-corrected chi connectivity index (χ3v) is 3.53. The average Bonchev–Trinajstić information content (AvgIpc) is 2.55. The minimum Gasteiger partial charge on any atom is -0.444 e. The van der Waals surface area contributed by atoms with E-state index in [4.69, 9.17) is 4.74 Å². The quantitative estimate of drug-likeness (QED) is 0.883. The van der Waals surface area contributed by atoms with Gasteiger partial charge in [-0.1, -0.05) is 30.3 Å². The van der Waals surface area contributed by atoms with E-state index in [9.17, 15) is 9.90 Å². The van der Waals surface area contributed by atoms with Crippen molar-refractivity contribution in [2.45, 2.75) is 19.6 Å². The van der Waals surface area contributed by atoms with Crippen molar-refractivity contribution in [2.75, 3.05) is 11.5 Å². The van der Waals surface area contributed by atoms with Gasteiger partial charge in [0.2, 0.25) is 0 Å². The number of halogens is 1. The van der Waals surface area contributed by atoms with Gasteiger partial charge in [0.05, 0.1) is 12.6 Å². The molecule has 1 atom stereocenters. The average molecular weight is 365 g/mol. The van der Waals surface area contributed by atoms with E-state index < -0.39 is 12.1 Å². The number of pyridine rings is 1. The number of benzene rings is 1. The second kappa shape index (κ2) is 7.91. The number of hydrogen-bond donors (Lipinski definition) is 1. The summed E-state index contributed by atoms with van der Waals surface area (Å²) in [5.41, 5.74) is 0.899. The van der Waals surface area contributed by atoms with Crippen LogP contribution in [-0.2, 0) is 11.3 Å². The van der Waals surface area contributed by atoms with Crippen LogP contribution < -0.4 is 4.90 Å². The van der Waals surface area contributed by atoms with Gasteiger partial charge >= 0.3 is 6.09 Å². The molecule has 0 aliphatic rings. The Morgan fingerprint density at radius 3 is 2.64 bits per heavy atom. The molecular weight excluding hydrogens is 348 g/mol. The van der Waals surface area contributed by atoms with Crippen LogP contribution in [0.3, 0.4) is 0 Å². The molecule has 1 N–H and O–H groups in total. The zero-order chi connectivity index (χ0) is 15.9. The van der Waals surface area contributed by atoms with Gasteiger partial charge in [-0.3, -0.25) is 4.90 Å². The van der Waals surface area contributed by atoms with E-state index >= 15 is 0 Å². The number of carbonyl (C=O) groups is 1. The highest BCUT2D eigenvalue weighted by molar-refractivity contribution is 9.10. The third kappa shape index (κ3) is 4.29. The fourth-order valence-corrected chi connectivity index (χ4v) is 2.11. The van der Waals surface area contributed by atoms with E-state index in [2.05, 4.69) is 20.9 Å². The second-order valence-corrected chi connectivity index (χ2v) is 5.69. The molecular formula is C16H17BrN2O3. The van der Waals surface area contributed by atoms with Gasteiger partial charge in [-0.2, -0.15) is 0 Å². The van der Waals surface area contributed by atoms with Crippen LogP contribution in [0.15, 0.2) is 53.1 Å². The molecule has 1 aromatic heterocycles. The van der Waals surface area contributed by atoms with Crippen molar-refractivity contribution >= 4 is 27.8 Å². The zero-order valence-corrected chi connectivity index (χ0v) is 13.7. The molecule has 0 radical (unpaired) electrons. The molecule has 1 aromatic carbocycles. The Kier molecular flexibility index (Phi) is 5.91. The van der Waals surface area contributed by atoms with Crippen molar-refractivity contribution in [2.24, 2.45) is 0 Å². The van der Waals surface area contributed by atoms with E-state index in [0.717, 1.165) is 10.0 Å². The van der Waals surface area contributed by atoms with Gasteiger partial charge in [-0.05, 0) is 40.5 Å². The van der Waals surface area contributed by atoms with E-state index in [1.54, 1.807) is 25.3 Å². The maximum Gasteiger partial charge on any atom is 0.416 e. The van der Waals surface area contributed by atoms with E-state index in [1.165, 1.54) is 4.90 Å². The van der Waals surface area contributed by atoms with Crippen molar-refractivity contribution in [1.29, 1.82) is 0 Å². The smallest absolute Gasteiger partial charge is 0.416 e. The predicted molar refractivity (Wildman–Crippen MR) is 87.6 cm³/mol. The summed E-state index contributed by atoms with van der Waals surface area (Å²) >= 11 is 3.30. The minimum atomic E-state index is -0.541. The summed E-state index contributed by atoms with van der Waals surface area (Å²) < 4.78 is 6.13. The molecule has 2 aromatic rings. The van der Waals surface area contributed by atoms with Crippen molar-refractivity contribution in [3.63, 3.8) is 0 Å². The Bertz CT molecular complexity index is 605. The largest absolute Gasteiger partial charge is 0.444 e. The van der Waals surface area contributed by atoms with Gasteiger partial charge in [0.15, 0.2) is 0 Å². The van der Waals surface area contributed by atoms with Crippen molar-refractivity contribution in [3.8, 4) is 0 Å². The summed E-state index contributed by atoms with van der Waals surface area (Å²) in [6.45, 7) is 1.72. The van der Waals surface area contributed by atoms with Crippen molar-refractivity contribution in [3.05, 3.63) is 58.7 Å². The molecule has 116 valence electrons. The van der Waals surface area contributed by atoms with E-state index in [-0.39, 0.29) is 13.2 Å². The maximum atomic E-state index is 12.3. The fraction of sp³-hybridized carbons (Fsp3) is 0.250. The Labute approximate surface area is 137 Å². The van der Waals surface area contributed by atoms with Crippen LogP contribution in [0.1, 0.15) is 12.5 Å². The molecule has 0 bridgehead atoms. The number of aliphatic hydroxyl groups excluding tert-OH is 1. The number of anilines is 1. The number of hydrogen-bond acceptors (Lipinski definition) is 4. The Morgan fingerprint density at radius 1 is 1.32 bits per heavy atom. The van der Waals surface area contributed by atoms with Crippen LogP contribution in [0.25, 0.3) is 0 Å². The van der Waals surface area contributed by atoms with Gasteiger partial charge < -0.3 is 9.84 Å². The van der Waals surface area contributed by atoms with Gasteiger partial charge in [0.25, 0.3) is 0 Å². The van der Waals surface area contributed by atoms with E-state index in [1.807, 2.05) is 30.3 Å². The molecule has 0 fully saturated rings. The lowest BCUT2D eigenvalue weighted by molar-refractivity contribution is 0.141. The normalized spacial score (nSPS) is 11.8. The minimum absolute atomic E-state index is 0.171. The SMILES string of the molecule is C[C@@H](CO)N(C(=O)OCc1ccccc1)c1ccc(Br)cn1. The highest BCUT2D eigenvalue weighted by atomic mass is 79.9. The van der Waals surface area contributed by atoms with Crippen molar-refractivity contribution in [1.82, 2.24) is 4.98 Å². The first kappa shape index (κ1) is 16.5. The first-order valence-corrected chi connectivity index (χ1v) is 7.63. The highest BCUT2D eigenvalue weighted by Gasteiger charge is 2.24. The highest BCUT2D eigenvalue weighted by Crippen LogP contribution is 2.18. The van der Waals surface area contributed by atoms with Gasteiger partial charge in [-0.15, -0.1) is 0 Å². The molecule has 0 aliphatic heterocycles. The molecule has 1 amide bonds. The summed E-state index contributed by atoms with van der Waals surface area (Å²) in [7, 11) is 0. The van der Waals surface area contributed by atoms with Crippen LogP contribution in [0, 0.1) is 0 Å². The summed E-state index contributed by atoms with van der Waals surface area (Å²) in [6.07, 6.45) is 1.05. The first-order valence-electron chi connectivity index (χ1n) is 6.84. The number of amides is 1. The van der Waals surface area contributed by atoms with Gasteiger partial charge in [0, 0.05) is 10.7 Å². The zero-order valence-electron chi connectivity index (χ0n) is 12.1. The standard InChI is InChI=1S/C16H17BrN2O3/c1-12(10-20)19(15-8-7-14(17)9-18-15)16(21)22-11-13-5-3-2-4-6-13/h2-9,12,20H,10-11H2,1H3/t12-/m0/s1. The second-order valence-electron chi connectivity index (χ2n) is 4.78. The molecule has 0 saturated carbocycles. The molecule has 0 aliphatic carbocycles. The molecule has 5 nitrogen and oxygen atoms in total. The Morgan fingerprint density at radius 2 is 2.05 bits per heavy atom. The third-order valence-electron chi connectivity index (χ3n) is 3.07. The number of aromatic nitrogens is 1. The van der Waals surface area contributed by atoms with E-state index in [0.29, 0.717) is 5.82 Å². The number of nitrogens with zero attached hydrogens (tertiary/aromatic N) is 2. The van der Waals surface area contributed by atoms with Gasteiger partial charge in [0.1, 0.15) is 12.4 Å². The fourth-order valence-electron chi connectivity index (χ4n) is 1.88. The molecule has 6 heteroatoms. The molecule has 0 saturated heterocycles. The van der Waals surface area contributed by atoms with Crippen LogP contribution in [0.5, 0.6) is 0 Å². The summed E-state index contributed by atoms with van der Waals surface area (Å²) in [5, 5.41) is 9.37. The molecule has 2 rings (SSSR count). The van der Waals surface area contributed by atoms with Crippen LogP contribution >= 0.6 is 15.9 Å². The summed E-state index contributed by atoms with van der Waals surface area (Å²) in [4.78, 5) is 17.9. The summed E-state index contributed by atoms with van der Waals surface area (Å²) in [6, 6.07) is 12.5. The first-order chi connectivity index (χ1) is 10.6.